The molecule has 0 aromatic rings. The molecule has 0 aliphatic rings. The number of hydrogen-bond donors (Lipinski definition) is 0. The van der Waals surface area contributed by atoms with Crippen LogP contribution in [0.25, 0.3) is 0 Å². The molecule has 0 N–H and O–H groups in total. The van der Waals surface area contributed by atoms with Crippen LogP contribution in [0.5, 0.6) is 0 Å². The lowest BCUT2D eigenvalue weighted by Crippen LogP contribution is -2.30. The number of hydrogen-bond acceptors (Lipinski definition) is 6. The predicted molar refractivity (Wildman–Crippen MR) is 353 cm³/mol. The third-order valence-electron chi connectivity index (χ3n) is 14.4. The molecule has 0 saturated heterocycles. The lowest BCUT2D eigenvalue weighted by molar-refractivity contribution is -0.167. The quantitative estimate of drug-likeness (QED) is 0.0261. The maximum atomic E-state index is 12.9. The standard InChI is InChI=1S/C75H126O6/c1-4-7-10-13-16-19-22-25-28-31-32-33-34-35-36-37-38-39-40-41-42-45-47-50-53-56-59-62-65-68-74(77)80-71-72(81-75(78)69-66-63-60-57-54-51-48-44-30-27-24-21-18-15-12-9-6-3)70-79-73(76)67-64-61-58-55-52-49-46-43-29-26-23-20-17-14-11-8-5-2/h7,10,16,19,25-30,32-33,35-36,38-39,41-42,47,50,72H,4-6,8-9,11-15,17-18,20-24,31,34,37,40,43-46,48-49,51-71H2,1-3H3/b10-7-,19-16-,28-25-,29-26-,30-27-,33-32-,36-35-,39-38-,42-41-,50-47-. The van der Waals surface area contributed by atoms with Crippen LogP contribution < -0.4 is 0 Å². The minimum atomic E-state index is -0.797. The van der Waals surface area contributed by atoms with Gasteiger partial charge in [-0.2, -0.15) is 0 Å². The van der Waals surface area contributed by atoms with Crippen molar-refractivity contribution in [1.82, 2.24) is 0 Å². The van der Waals surface area contributed by atoms with E-state index in [0.29, 0.717) is 19.3 Å². The van der Waals surface area contributed by atoms with Gasteiger partial charge in [0, 0.05) is 19.3 Å². The molecule has 0 fully saturated rings. The van der Waals surface area contributed by atoms with E-state index in [9.17, 15) is 14.4 Å². The minimum absolute atomic E-state index is 0.0910. The number of ether oxygens (including phenoxy) is 3. The summed E-state index contributed by atoms with van der Waals surface area (Å²) < 4.78 is 16.9. The molecule has 0 saturated carbocycles. The van der Waals surface area contributed by atoms with Crippen LogP contribution in [-0.2, 0) is 28.6 Å². The zero-order valence-electron chi connectivity index (χ0n) is 53.0. The largest absolute Gasteiger partial charge is 0.462 e. The van der Waals surface area contributed by atoms with Gasteiger partial charge in [0.15, 0.2) is 6.10 Å². The van der Waals surface area contributed by atoms with Gasteiger partial charge in [-0.15, -0.1) is 0 Å². The molecule has 0 radical (unpaired) electrons. The molecule has 0 spiro atoms. The average molecular weight is 1120 g/mol. The molecule has 0 aliphatic carbocycles. The van der Waals surface area contributed by atoms with Gasteiger partial charge in [0.05, 0.1) is 0 Å². The number of allylic oxidation sites excluding steroid dienone is 20. The summed E-state index contributed by atoms with van der Waals surface area (Å²) in [6.07, 6.45) is 94.9. The molecular weight excluding hydrogens is 997 g/mol. The summed E-state index contributed by atoms with van der Waals surface area (Å²) in [6, 6.07) is 0. The fourth-order valence-electron chi connectivity index (χ4n) is 9.33. The molecular formula is C75H126O6. The Labute approximate surface area is 501 Å². The molecule has 0 aromatic carbocycles. The van der Waals surface area contributed by atoms with Crippen molar-refractivity contribution in [3.8, 4) is 0 Å². The molecule has 0 heterocycles. The Morgan fingerprint density at radius 1 is 0.259 bits per heavy atom. The van der Waals surface area contributed by atoms with Crippen molar-refractivity contribution in [1.29, 1.82) is 0 Å². The first-order chi connectivity index (χ1) is 40.0. The van der Waals surface area contributed by atoms with E-state index in [0.717, 1.165) is 122 Å². The van der Waals surface area contributed by atoms with Crippen LogP contribution in [0.1, 0.15) is 316 Å². The van der Waals surface area contributed by atoms with Gasteiger partial charge in [0.2, 0.25) is 0 Å². The summed E-state index contributed by atoms with van der Waals surface area (Å²) in [7, 11) is 0. The van der Waals surface area contributed by atoms with Gasteiger partial charge in [-0.1, -0.05) is 284 Å². The molecule has 0 aliphatic heterocycles. The Hall–Kier alpha value is -4.19. The summed E-state index contributed by atoms with van der Waals surface area (Å²) in [5.74, 6) is -0.917. The zero-order chi connectivity index (χ0) is 58.5. The fourth-order valence-corrected chi connectivity index (χ4v) is 9.33. The number of carbonyl (C=O) groups is 3. The SMILES string of the molecule is CC/C=C\C/C=C\C/C=C\C/C=C\C/C=C\C/C=C\C/C=C\C/C=C\CCCCCCC(=O)OCC(COC(=O)CCCCCCCCC/C=C\CCCCCCCC)OC(=O)CCCCCCCCC/C=C\CCCCCCCC. The number of rotatable bonds is 61. The van der Waals surface area contributed by atoms with Crippen molar-refractivity contribution in [2.45, 2.75) is 322 Å². The van der Waals surface area contributed by atoms with Gasteiger partial charge in [-0.3, -0.25) is 14.4 Å². The van der Waals surface area contributed by atoms with Crippen LogP contribution in [0.15, 0.2) is 122 Å². The third-order valence-corrected chi connectivity index (χ3v) is 14.4. The number of esters is 3. The molecule has 6 heteroatoms. The van der Waals surface area contributed by atoms with Crippen molar-refractivity contribution in [3.63, 3.8) is 0 Å². The summed E-state index contributed by atoms with van der Waals surface area (Å²) in [4.78, 5) is 38.4. The predicted octanol–water partition coefficient (Wildman–Crippen LogP) is 23.6. The first kappa shape index (κ1) is 76.8. The molecule has 462 valence electrons. The second-order valence-electron chi connectivity index (χ2n) is 22.3. The van der Waals surface area contributed by atoms with Crippen LogP contribution in [0.4, 0.5) is 0 Å². The highest BCUT2D eigenvalue weighted by Gasteiger charge is 2.19. The Morgan fingerprint density at radius 3 is 0.765 bits per heavy atom. The van der Waals surface area contributed by atoms with E-state index >= 15 is 0 Å². The van der Waals surface area contributed by atoms with Crippen LogP contribution in [-0.4, -0.2) is 37.2 Å². The van der Waals surface area contributed by atoms with Gasteiger partial charge < -0.3 is 14.2 Å². The first-order valence-electron chi connectivity index (χ1n) is 34.0. The van der Waals surface area contributed by atoms with E-state index in [1.165, 1.54) is 154 Å². The Bertz CT molecular complexity index is 1670. The lowest BCUT2D eigenvalue weighted by Gasteiger charge is -2.18. The van der Waals surface area contributed by atoms with Crippen molar-refractivity contribution in [2.24, 2.45) is 0 Å². The Balaban J connectivity index is 4.42. The molecule has 6 nitrogen and oxygen atoms in total. The van der Waals surface area contributed by atoms with Crippen molar-refractivity contribution < 1.29 is 28.6 Å². The second-order valence-corrected chi connectivity index (χ2v) is 22.3. The van der Waals surface area contributed by atoms with E-state index < -0.39 is 6.10 Å². The van der Waals surface area contributed by atoms with Crippen molar-refractivity contribution >= 4 is 17.9 Å². The second kappa shape index (κ2) is 68.3. The number of unbranched alkanes of at least 4 members (excludes halogenated alkanes) is 30. The maximum Gasteiger partial charge on any atom is 0.306 e. The van der Waals surface area contributed by atoms with Crippen LogP contribution >= 0.6 is 0 Å². The van der Waals surface area contributed by atoms with Gasteiger partial charge >= 0.3 is 17.9 Å². The van der Waals surface area contributed by atoms with E-state index in [1.54, 1.807) is 0 Å². The van der Waals surface area contributed by atoms with E-state index in [2.05, 4.69) is 142 Å². The van der Waals surface area contributed by atoms with Crippen LogP contribution in [0, 0.1) is 0 Å². The Kier molecular flexibility index (Phi) is 64.8. The first-order valence-corrected chi connectivity index (χ1v) is 34.0. The van der Waals surface area contributed by atoms with Crippen molar-refractivity contribution in [2.75, 3.05) is 13.2 Å². The van der Waals surface area contributed by atoms with E-state index in [-0.39, 0.29) is 31.1 Å². The highest BCUT2D eigenvalue weighted by Crippen LogP contribution is 2.15. The molecule has 0 rings (SSSR count). The van der Waals surface area contributed by atoms with Crippen molar-refractivity contribution in [3.05, 3.63) is 122 Å². The van der Waals surface area contributed by atoms with Gasteiger partial charge in [-0.05, 0) is 135 Å². The summed E-state index contributed by atoms with van der Waals surface area (Å²) in [6.45, 7) is 6.51. The van der Waals surface area contributed by atoms with E-state index in [1.807, 2.05) is 0 Å². The smallest absolute Gasteiger partial charge is 0.306 e. The van der Waals surface area contributed by atoms with Crippen LogP contribution in [0.3, 0.4) is 0 Å². The molecule has 1 unspecified atom stereocenters. The molecule has 0 bridgehead atoms. The summed E-state index contributed by atoms with van der Waals surface area (Å²) in [5, 5.41) is 0. The van der Waals surface area contributed by atoms with Gasteiger partial charge in [-0.25, -0.2) is 0 Å². The monoisotopic (exact) mass is 1120 g/mol. The fraction of sp³-hybridized carbons (Fsp3) is 0.693. The average Bonchev–Trinajstić information content (AvgIpc) is 3.47. The topological polar surface area (TPSA) is 78.9 Å². The van der Waals surface area contributed by atoms with Gasteiger partial charge in [0.25, 0.3) is 0 Å². The van der Waals surface area contributed by atoms with Gasteiger partial charge in [0.1, 0.15) is 13.2 Å². The minimum Gasteiger partial charge on any atom is -0.462 e. The molecule has 0 aromatic heterocycles. The molecule has 81 heavy (non-hydrogen) atoms. The third kappa shape index (κ3) is 66.5. The van der Waals surface area contributed by atoms with Crippen LogP contribution in [0.2, 0.25) is 0 Å². The van der Waals surface area contributed by atoms with E-state index in [4.69, 9.17) is 14.2 Å². The molecule has 1 atom stereocenters. The lowest BCUT2D eigenvalue weighted by atomic mass is 10.1. The zero-order valence-corrected chi connectivity index (χ0v) is 53.0. The summed E-state index contributed by atoms with van der Waals surface area (Å²) >= 11 is 0. The highest BCUT2D eigenvalue weighted by atomic mass is 16.6. The normalized spacial score (nSPS) is 12.9. The number of carbonyl (C=O) groups excluding carboxylic acids is 3. The maximum absolute atomic E-state index is 12.9. The Morgan fingerprint density at radius 2 is 0.481 bits per heavy atom. The molecule has 0 amide bonds. The highest BCUT2D eigenvalue weighted by molar-refractivity contribution is 5.71. The summed E-state index contributed by atoms with van der Waals surface area (Å²) in [5.41, 5.74) is 0.